The summed E-state index contributed by atoms with van der Waals surface area (Å²) < 4.78 is 41.3. The lowest BCUT2D eigenvalue weighted by Crippen LogP contribution is -2.39. The molecule has 1 aliphatic rings. The highest BCUT2D eigenvalue weighted by Gasteiger charge is 2.39. The van der Waals surface area contributed by atoms with Gasteiger partial charge in [0.25, 0.3) is 5.91 Å². The zero-order valence-corrected chi connectivity index (χ0v) is 20.4. The molecule has 2 aromatic carbocycles. The van der Waals surface area contributed by atoms with E-state index >= 15 is 0 Å². The minimum Gasteiger partial charge on any atom is -0.506 e. The fraction of sp³-hybridized carbons (Fsp3) is 0.333. The number of halogens is 3. The molecule has 0 unspecified atom stereocenters. The summed E-state index contributed by atoms with van der Waals surface area (Å²) in [6.07, 6.45) is -1.67. The summed E-state index contributed by atoms with van der Waals surface area (Å²) in [6.45, 7) is -0.0616. The van der Waals surface area contributed by atoms with E-state index in [1.165, 1.54) is 24.3 Å². The largest absolute Gasteiger partial charge is 0.506 e. The first-order chi connectivity index (χ1) is 18.1. The van der Waals surface area contributed by atoms with Gasteiger partial charge in [-0.2, -0.15) is 18.3 Å². The van der Waals surface area contributed by atoms with E-state index in [0.29, 0.717) is 31.2 Å². The second kappa shape index (κ2) is 11.5. The topological polar surface area (TPSA) is 113 Å². The number of phenolic OH excluding ortho intramolecular Hbond substituents is 1. The highest BCUT2D eigenvalue weighted by Crippen LogP contribution is 2.33. The first kappa shape index (κ1) is 26.9. The maximum atomic E-state index is 13.5. The van der Waals surface area contributed by atoms with Crippen LogP contribution in [0.3, 0.4) is 0 Å². The highest BCUT2D eigenvalue weighted by atomic mass is 19.4. The van der Waals surface area contributed by atoms with Crippen molar-refractivity contribution in [1.82, 2.24) is 20.4 Å². The molecule has 1 aliphatic carbocycles. The van der Waals surface area contributed by atoms with E-state index in [1.54, 1.807) is 12.1 Å². The van der Waals surface area contributed by atoms with Crippen molar-refractivity contribution in [1.29, 1.82) is 0 Å². The van der Waals surface area contributed by atoms with Crippen molar-refractivity contribution >= 4 is 17.6 Å². The second-order valence-corrected chi connectivity index (χ2v) is 9.15. The van der Waals surface area contributed by atoms with E-state index in [0.717, 1.165) is 10.9 Å². The number of carbonyl (C=O) groups is 3. The number of rotatable bonds is 8. The van der Waals surface area contributed by atoms with Crippen molar-refractivity contribution < 1.29 is 32.7 Å². The van der Waals surface area contributed by atoms with Crippen LogP contribution in [0.1, 0.15) is 52.1 Å². The van der Waals surface area contributed by atoms with Crippen LogP contribution in [0.2, 0.25) is 0 Å². The quantitative estimate of drug-likeness (QED) is 0.301. The number of nitrogens with zero attached hydrogens (tertiary/aromatic N) is 2. The molecule has 0 bridgehead atoms. The van der Waals surface area contributed by atoms with Crippen LogP contribution in [0.15, 0.2) is 60.8 Å². The van der Waals surface area contributed by atoms with Crippen LogP contribution in [-0.2, 0) is 11.0 Å². The molecule has 0 atom stereocenters. The molecule has 4 rings (SSSR count). The monoisotopic (exact) mass is 528 g/mol. The first-order valence-electron chi connectivity index (χ1n) is 12.3. The summed E-state index contributed by atoms with van der Waals surface area (Å²) in [6, 6.07) is 14.7. The molecule has 11 heteroatoms. The van der Waals surface area contributed by atoms with E-state index < -0.39 is 23.3 Å². The van der Waals surface area contributed by atoms with Crippen LogP contribution in [0.5, 0.6) is 5.75 Å². The number of aromatic hydroxyl groups is 1. The van der Waals surface area contributed by atoms with Crippen LogP contribution in [0, 0.1) is 11.8 Å². The molecule has 0 saturated heterocycles. The van der Waals surface area contributed by atoms with E-state index in [2.05, 4.69) is 15.7 Å². The molecule has 2 amide bonds. The molecule has 200 valence electrons. The summed E-state index contributed by atoms with van der Waals surface area (Å²) in [5.41, 5.74) is -1.43. The van der Waals surface area contributed by atoms with E-state index in [1.807, 2.05) is 18.2 Å². The summed E-state index contributed by atoms with van der Waals surface area (Å²) in [5, 5.41) is 18.5. The van der Waals surface area contributed by atoms with Gasteiger partial charge in [-0.15, -0.1) is 0 Å². The van der Waals surface area contributed by atoms with Crippen molar-refractivity contribution in [2.24, 2.45) is 11.8 Å². The van der Waals surface area contributed by atoms with Gasteiger partial charge in [0.05, 0.1) is 5.56 Å². The summed E-state index contributed by atoms with van der Waals surface area (Å²) >= 11 is 0. The van der Waals surface area contributed by atoms with Gasteiger partial charge >= 0.3 is 6.18 Å². The van der Waals surface area contributed by atoms with Gasteiger partial charge < -0.3 is 15.7 Å². The maximum Gasteiger partial charge on any atom is 0.435 e. The minimum absolute atomic E-state index is 0.00972. The van der Waals surface area contributed by atoms with Gasteiger partial charge in [-0.1, -0.05) is 42.5 Å². The second-order valence-electron chi connectivity index (χ2n) is 9.15. The standard InChI is InChI=1S/C27H27F3N4O4/c28-27(29,30)24-20(16-34(33-24)21-8-4-5-9-22(21)35)26(38)32-15-14-31-25(37)19-12-10-18(11-13-19)23(36)17-6-2-1-3-7-17/h1-9,16,18-19,35H,10-15H2,(H,31,37)(H,32,38). The van der Waals surface area contributed by atoms with Crippen LogP contribution in [0.4, 0.5) is 13.2 Å². The molecular weight excluding hydrogens is 501 g/mol. The Kier molecular flexibility index (Phi) is 8.13. The molecule has 1 aromatic heterocycles. The van der Waals surface area contributed by atoms with Crippen molar-refractivity contribution in [3.05, 3.63) is 77.6 Å². The Labute approximate surface area is 216 Å². The molecule has 1 saturated carbocycles. The third-order valence-electron chi connectivity index (χ3n) is 6.59. The number of para-hydroxylation sites is 2. The van der Waals surface area contributed by atoms with Crippen molar-refractivity contribution in [2.75, 3.05) is 13.1 Å². The SMILES string of the molecule is O=C(NCCNC(=O)C1CCC(C(=O)c2ccccc2)CC1)c1cn(-c2ccccc2O)nc1C(F)(F)F. The zero-order chi connectivity index (χ0) is 27.3. The number of benzene rings is 2. The Morgan fingerprint density at radius 3 is 2.16 bits per heavy atom. The van der Waals surface area contributed by atoms with Crippen LogP contribution in [0.25, 0.3) is 5.69 Å². The van der Waals surface area contributed by atoms with Crippen molar-refractivity contribution in [3.63, 3.8) is 0 Å². The average molecular weight is 529 g/mol. The van der Waals surface area contributed by atoms with Gasteiger partial charge in [-0.25, -0.2) is 4.68 Å². The number of Topliss-reactive ketones (excluding diaryl/α,β-unsaturated/α-hetero) is 1. The normalized spacial score (nSPS) is 17.6. The Hall–Kier alpha value is -4.15. The van der Waals surface area contributed by atoms with Gasteiger partial charge in [0.15, 0.2) is 11.5 Å². The number of alkyl halides is 3. The fourth-order valence-electron chi connectivity index (χ4n) is 4.59. The van der Waals surface area contributed by atoms with Crippen LogP contribution < -0.4 is 10.6 Å². The molecular formula is C27H27F3N4O4. The van der Waals surface area contributed by atoms with Crippen LogP contribution >= 0.6 is 0 Å². The van der Waals surface area contributed by atoms with Crippen molar-refractivity contribution in [2.45, 2.75) is 31.9 Å². The van der Waals surface area contributed by atoms with Gasteiger partial charge in [-0.05, 0) is 37.8 Å². The van der Waals surface area contributed by atoms with Crippen molar-refractivity contribution in [3.8, 4) is 11.4 Å². The van der Waals surface area contributed by atoms with Gasteiger partial charge in [0, 0.05) is 36.7 Å². The highest BCUT2D eigenvalue weighted by molar-refractivity contribution is 5.98. The number of ketones is 1. The minimum atomic E-state index is -4.89. The van der Waals surface area contributed by atoms with Gasteiger partial charge in [0.2, 0.25) is 5.91 Å². The number of amides is 2. The Balaban J connectivity index is 1.27. The number of hydrogen-bond acceptors (Lipinski definition) is 5. The lowest BCUT2D eigenvalue weighted by Gasteiger charge is -2.27. The van der Waals surface area contributed by atoms with Crippen LogP contribution in [-0.4, -0.2) is 45.6 Å². The van der Waals surface area contributed by atoms with Gasteiger partial charge in [-0.3, -0.25) is 14.4 Å². The molecule has 0 radical (unpaired) electrons. The molecule has 0 aliphatic heterocycles. The predicted molar refractivity (Wildman–Crippen MR) is 132 cm³/mol. The Morgan fingerprint density at radius 1 is 0.895 bits per heavy atom. The summed E-state index contributed by atoms with van der Waals surface area (Å²) in [5.74, 6) is -1.82. The fourth-order valence-corrected chi connectivity index (χ4v) is 4.59. The molecule has 38 heavy (non-hydrogen) atoms. The summed E-state index contributed by atoms with van der Waals surface area (Å²) in [7, 11) is 0. The molecule has 3 N–H and O–H groups in total. The number of carbonyl (C=O) groups excluding carboxylic acids is 3. The third kappa shape index (κ3) is 6.21. The third-order valence-corrected chi connectivity index (χ3v) is 6.59. The lowest BCUT2D eigenvalue weighted by atomic mass is 9.78. The van der Waals surface area contributed by atoms with E-state index in [9.17, 15) is 32.7 Å². The first-order valence-corrected chi connectivity index (χ1v) is 12.3. The van der Waals surface area contributed by atoms with E-state index in [4.69, 9.17) is 0 Å². The van der Waals surface area contributed by atoms with E-state index in [-0.39, 0.29) is 48.1 Å². The number of aromatic nitrogens is 2. The molecule has 0 spiro atoms. The average Bonchev–Trinajstić information content (AvgIpc) is 3.38. The lowest BCUT2D eigenvalue weighted by molar-refractivity contribution is -0.141. The molecule has 3 aromatic rings. The zero-order valence-electron chi connectivity index (χ0n) is 20.4. The Morgan fingerprint density at radius 2 is 1.50 bits per heavy atom. The maximum absolute atomic E-state index is 13.5. The smallest absolute Gasteiger partial charge is 0.435 e. The molecule has 1 heterocycles. The number of nitrogens with one attached hydrogen (secondary N) is 2. The summed E-state index contributed by atoms with van der Waals surface area (Å²) in [4.78, 5) is 37.7. The Bertz CT molecular complexity index is 1300. The van der Waals surface area contributed by atoms with Gasteiger partial charge in [0.1, 0.15) is 11.4 Å². The number of hydrogen-bond donors (Lipinski definition) is 3. The number of phenols is 1. The molecule has 1 fully saturated rings. The molecule has 8 nitrogen and oxygen atoms in total. The predicted octanol–water partition coefficient (Wildman–Crippen LogP) is 4.13.